The molecular weight excluding hydrogens is 351 g/mol. The highest BCUT2D eigenvalue weighted by atomic mass is 19.4. The lowest BCUT2D eigenvalue weighted by Gasteiger charge is -2.26. The predicted octanol–water partition coefficient (Wildman–Crippen LogP) is 2.96. The summed E-state index contributed by atoms with van der Waals surface area (Å²) in [6, 6.07) is 0. The molecule has 0 radical (unpaired) electrons. The van der Waals surface area contributed by atoms with Gasteiger partial charge in [-0.15, -0.1) is 15.3 Å². The molecule has 0 spiro atoms. The number of anilines is 1. The van der Waals surface area contributed by atoms with E-state index in [4.69, 9.17) is 9.47 Å². The first kappa shape index (κ1) is 18.8. The third-order valence-corrected chi connectivity index (χ3v) is 4.58. The largest absolute Gasteiger partial charge is 0.453 e. The summed E-state index contributed by atoms with van der Waals surface area (Å²) < 4.78 is 51.2. The fraction of sp³-hybridized carbons (Fsp3) is 0.688. The van der Waals surface area contributed by atoms with E-state index >= 15 is 0 Å². The maximum absolute atomic E-state index is 13.1. The molecule has 1 N–H and O–H groups in total. The van der Waals surface area contributed by atoms with Crippen LogP contribution in [0.1, 0.15) is 37.2 Å². The van der Waals surface area contributed by atoms with Crippen molar-refractivity contribution < 1.29 is 22.6 Å². The fourth-order valence-electron chi connectivity index (χ4n) is 3.12. The smallest absolute Gasteiger partial charge is 0.368 e. The molecule has 0 aliphatic carbocycles. The minimum atomic E-state index is -4.62. The summed E-state index contributed by atoms with van der Waals surface area (Å²) in [5, 5.41) is 14.1. The van der Waals surface area contributed by atoms with Gasteiger partial charge in [0.15, 0.2) is 11.4 Å². The van der Waals surface area contributed by atoms with Gasteiger partial charge in [0, 0.05) is 18.5 Å². The van der Waals surface area contributed by atoms with Gasteiger partial charge in [-0.1, -0.05) is 6.92 Å². The molecule has 10 heteroatoms. The molecule has 1 saturated heterocycles. The van der Waals surface area contributed by atoms with Gasteiger partial charge in [0.05, 0.1) is 13.2 Å². The predicted molar refractivity (Wildman–Crippen MR) is 87.8 cm³/mol. The van der Waals surface area contributed by atoms with Crippen LogP contribution in [0.5, 0.6) is 0 Å². The van der Waals surface area contributed by atoms with Crippen LogP contribution in [0.3, 0.4) is 0 Å². The summed E-state index contributed by atoms with van der Waals surface area (Å²) in [5.74, 6) is -1.20. The second-order valence-corrected chi connectivity index (χ2v) is 6.88. The molecule has 1 atom stereocenters. The van der Waals surface area contributed by atoms with E-state index in [9.17, 15) is 13.2 Å². The van der Waals surface area contributed by atoms with Gasteiger partial charge >= 0.3 is 6.18 Å². The van der Waals surface area contributed by atoms with Crippen molar-refractivity contribution in [2.45, 2.75) is 46.1 Å². The van der Waals surface area contributed by atoms with E-state index < -0.39 is 17.8 Å². The first-order chi connectivity index (χ1) is 12.1. The molecular formula is C16H22F3N5O2. The zero-order valence-corrected chi connectivity index (χ0v) is 15.1. The third-order valence-electron chi connectivity index (χ3n) is 4.58. The molecule has 3 rings (SSSR count). The van der Waals surface area contributed by atoms with Gasteiger partial charge in [-0.2, -0.15) is 17.7 Å². The Labute approximate surface area is 148 Å². The number of halogens is 3. The maximum Gasteiger partial charge on any atom is 0.453 e. The monoisotopic (exact) mass is 373 g/mol. The van der Waals surface area contributed by atoms with Crippen LogP contribution in [0.4, 0.5) is 19.0 Å². The van der Waals surface area contributed by atoms with Gasteiger partial charge in [0.1, 0.15) is 5.82 Å². The number of aryl methyl sites for hydroxylation is 1. The molecule has 7 nitrogen and oxygen atoms in total. The van der Waals surface area contributed by atoms with E-state index in [0.717, 1.165) is 10.1 Å². The lowest BCUT2D eigenvalue weighted by molar-refractivity contribution is -0.153. The second-order valence-electron chi connectivity index (χ2n) is 6.88. The number of aromatic nitrogens is 4. The van der Waals surface area contributed by atoms with Crippen LogP contribution in [0, 0.1) is 19.8 Å². The van der Waals surface area contributed by atoms with Crippen LogP contribution in [-0.4, -0.2) is 45.4 Å². The van der Waals surface area contributed by atoms with Gasteiger partial charge in [-0.25, -0.2) is 0 Å². The maximum atomic E-state index is 13.1. The summed E-state index contributed by atoms with van der Waals surface area (Å²) in [6.07, 6.45) is -3.95. The Bertz CT molecular complexity index is 799. The van der Waals surface area contributed by atoms with E-state index in [2.05, 4.69) is 20.6 Å². The number of nitrogens with one attached hydrogen (secondary N) is 1. The van der Waals surface area contributed by atoms with Crippen LogP contribution >= 0.6 is 0 Å². The molecule has 2 aromatic heterocycles. The Morgan fingerprint density at radius 2 is 1.85 bits per heavy atom. The Morgan fingerprint density at radius 1 is 1.19 bits per heavy atom. The Hall–Kier alpha value is -1.94. The molecule has 1 unspecified atom stereocenters. The molecule has 0 amide bonds. The van der Waals surface area contributed by atoms with Crippen molar-refractivity contribution in [3.05, 3.63) is 17.0 Å². The molecule has 2 aromatic rings. The van der Waals surface area contributed by atoms with E-state index in [0.29, 0.717) is 37.6 Å². The van der Waals surface area contributed by atoms with Crippen LogP contribution < -0.4 is 5.32 Å². The molecule has 3 heterocycles. The first-order valence-electron chi connectivity index (χ1n) is 8.42. The van der Waals surface area contributed by atoms with E-state index in [-0.39, 0.29) is 11.6 Å². The number of hydrogen-bond acceptors (Lipinski definition) is 6. The van der Waals surface area contributed by atoms with E-state index in [1.165, 1.54) is 0 Å². The van der Waals surface area contributed by atoms with Gasteiger partial charge in [-0.05, 0) is 32.3 Å². The van der Waals surface area contributed by atoms with Gasteiger partial charge in [-0.3, -0.25) is 0 Å². The van der Waals surface area contributed by atoms with Crippen molar-refractivity contribution in [3.8, 4) is 0 Å². The zero-order chi connectivity index (χ0) is 19.1. The molecule has 1 aliphatic heterocycles. The van der Waals surface area contributed by atoms with Crippen LogP contribution in [-0.2, 0) is 15.7 Å². The lowest BCUT2D eigenvalue weighted by Crippen LogP contribution is -2.30. The number of ether oxygens (including phenoxy) is 2. The van der Waals surface area contributed by atoms with Crippen LogP contribution in [0.15, 0.2) is 0 Å². The summed E-state index contributed by atoms with van der Waals surface area (Å²) in [5.41, 5.74) is 1.45. The molecule has 0 aromatic carbocycles. The average molecular weight is 373 g/mol. The number of hydrogen-bond donors (Lipinski definition) is 1. The minimum Gasteiger partial charge on any atom is -0.368 e. The standard InChI is InChI=1S/C16H22F3N5O2/c1-9(7-15(4)25-5-6-26-15)8-20-12-10(2)11(3)13-21-22-14(16(17,18)19)24(13)23-12/h9H,5-8H2,1-4H3,(H,20,23). The quantitative estimate of drug-likeness (QED) is 0.869. The summed E-state index contributed by atoms with van der Waals surface area (Å²) in [4.78, 5) is 0. The molecule has 0 saturated carbocycles. The number of nitrogens with zero attached hydrogens (tertiary/aromatic N) is 4. The van der Waals surface area contributed by atoms with Crippen molar-refractivity contribution in [1.82, 2.24) is 19.8 Å². The molecule has 26 heavy (non-hydrogen) atoms. The topological polar surface area (TPSA) is 73.6 Å². The number of fused-ring (bicyclic) bond motifs is 1. The highest BCUT2D eigenvalue weighted by molar-refractivity contribution is 5.58. The lowest BCUT2D eigenvalue weighted by atomic mass is 10.0. The van der Waals surface area contributed by atoms with E-state index in [1.54, 1.807) is 13.8 Å². The summed E-state index contributed by atoms with van der Waals surface area (Å²) in [6.45, 7) is 9.07. The summed E-state index contributed by atoms with van der Waals surface area (Å²) in [7, 11) is 0. The van der Waals surface area contributed by atoms with Crippen molar-refractivity contribution in [3.63, 3.8) is 0 Å². The molecule has 0 bridgehead atoms. The number of rotatable bonds is 5. The number of alkyl halides is 3. The Kier molecular flexibility index (Phi) is 4.82. The van der Waals surface area contributed by atoms with Crippen molar-refractivity contribution >= 4 is 11.5 Å². The van der Waals surface area contributed by atoms with Crippen LogP contribution in [0.2, 0.25) is 0 Å². The van der Waals surface area contributed by atoms with E-state index in [1.807, 2.05) is 13.8 Å². The van der Waals surface area contributed by atoms with Crippen LogP contribution in [0.25, 0.3) is 5.65 Å². The van der Waals surface area contributed by atoms with Gasteiger partial charge < -0.3 is 14.8 Å². The van der Waals surface area contributed by atoms with Gasteiger partial charge in [0.25, 0.3) is 5.82 Å². The molecule has 144 valence electrons. The minimum absolute atomic E-state index is 0.105. The normalized spacial score (nSPS) is 18.4. The SMILES string of the molecule is Cc1c(NCC(C)CC2(C)OCCO2)nn2c(C(F)(F)F)nnc2c1C. The van der Waals surface area contributed by atoms with Crippen molar-refractivity contribution in [2.24, 2.45) is 5.92 Å². The molecule has 1 fully saturated rings. The third kappa shape index (κ3) is 3.61. The zero-order valence-electron chi connectivity index (χ0n) is 15.1. The Morgan fingerprint density at radius 3 is 2.46 bits per heavy atom. The highest BCUT2D eigenvalue weighted by Gasteiger charge is 2.38. The molecule has 1 aliphatic rings. The highest BCUT2D eigenvalue weighted by Crippen LogP contribution is 2.30. The average Bonchev–Trinajstić information content (AvgIpc) is 3.15. The van der Waals surface area contributed by atoms with Gasteiger partial charge in [0.2, 0.25) is 0 Å². The van der Waals surface area contributed by atoms with Crippen molar-refractivity contribution in [1.29, 1.82) is 0 Å². The fourth-order valence-corrected chi connectivity index (χ4v) is 3.12. The second kappa shape index (κ2) is 6.66. The summed E-state index contributed by atoms with van der Waals surface area (Å²) >= 11 is 0. The Balaban J connectivity index is 1.80. The van der Waals surface area contributed by atoms with Crippen molar-refractivity contribution in [2.75, 3.05) is 25.1 Å². The first-order valence-corrected chi connectivity index (χ1v) is 8.42.